The summed E-state index contributed by atoms with van der Waals surface area (Å²) in [4.78, 5) is 10.6. The summed E-state index contributed by atoms with van der Waals surface area (Å²) in [5.74, 6) is -0.862. The first kappa shape index (κ1) is 22.2. The summed E-state index contributed by atoms with van der Waals surface area (Å²) in [6.07, 6.45) is 7.54. The number of hydrogen-bond donors (Lipinski definition) is 2. The predicted octanol–water partition coefficient (Wildman–Crippen LogP) is 4.66. The molecule has 2 aromatic carbocycles. The van der Waals surface area contributed by atoms with Crippen LogP contribution in [0, 0.1) is 5.41 Å². The molecular formula is C25H28N4O2. The summed E-state index contributed by atoms with van der Waals surface area (Å²) in [6, 6.07) is 18.3. The van der Waals surface area contributed by atoms with E-state index in [1.807, 2.05) is 53.3 Å². The molecule has 6 heteroatoms. The lowest BCUT2D eigenvalue weighted by Gasteiger charge is -2.17. The number of allylic oxidation sites excluding steroid dienone is 1. The van der Waals surface area contributed by atoms with Crippen LogP contribution in [0.15, 0.2) is 72.9 Å². The van der Waals surface area contributed by atoms with Crippen LogP contribution in [0.2, 0.25) is 0 Å². The zero-order valence-electron chi connectivity index (χ0n) is 17.7. The third-order valence-corrected chi connectivity index (χ3v) is 5.25. The van der Waals surface area contributed by atoms with Crippen LogP contribution < -0.4 is 0 Å². The van der Waals surface area contributed by atoms with E-state index in [9.17, 15) is 4.79 Å². The standard InChI is InChI=1S/C25H28N4O2/c1-2-23(21-13-11-19(12-14-21)9-6-10-25(30)31)24(26)16-15-22-18-29(28-27-22)17-20-7-4-3-5-8-20/h3-8,10-14,18,23,26H,2,9,15-17H2,1H3,(H,30,31)/b10-6+,26-24?. The lowest BCUT2D eigenvalue weighted by Crippen LogP contribution is -2.12. The molecule has 31 heavy (non-hydrogen) atoms. The highest BCUT2D eigenvalue weighted by Crippen LogP contribution is 2.23. The van der Waals surface area contributed by atoms with Crippen molar-refractivity contribution in [2.75, 3.05) is 0 Å². The maximum atomic E-state index is 10.6. The number of carboxylic acids is 1. The van der Waals surface area contributed by atoms with E-state index < -0.39 is 5.97 Å². The summed E-state index contributed by atoms with van der Waals surface area (Å²) in [7, 11) is 0. The Labute approximate surface area is 182 Å². The average Bonchev–Trinajstić information content (AvgIpc) is 3.21. The van der Waals surface area contributed by atoms with Gasteiger partial charge in [-0.2, -0.15) is 0 Å². The van der Waals surface area contributed by atoms with Gasteiger partial charge in [0.2, 0.25) is 0 Å². The van der Waals surface area contributed by atoms with E-state index in [0.29, 0.717) is 31.5 Å². The number of nitrogens with zero attached hydrogens (tertiary/aromatic N) is 3. The van der Waals surface area contributed by atoms with Gasteiger partial charge in [0.1, 0.15) is 0 Å². The number of benzene rings is 2. The molecule has 1 unspecified atom stereocenters. The van der Waals surface area contributed by atoms with E-state index in [-0.39, 0.29) is 5.92 Å². The SMILES string of the molecule is CCC(C(=N)CCc1cn(Cc2ccccc2)nn1)c1ccc(C/C=C/C(=O)O)cc1. The number of carbonyl (C=O) groups is 1. The van der Waals surface area contributed by atoms with E-state index in [0.717, 1.165) is 29.3 Å². The average molecular weight is 417 g/mol. The van der Waals surface area contributed by atoms with E-state index in [1.54, 1.807) is 6.08 Å². The van der Waals surface area contributed by atoms with Crippen LogP contribution in [-0.2, 0) is 24.2 Å². The molecule has 0 spiro atoms. The van der Waals surface area contributed by atoms with E-state index in [1.165, 1.54) is 5.56 Å². The van der Waals surface area contributed by atoms with Gasteiger partial charge < -0.3 is 10.5 Å². The van der Waals surface area contributed by atoms with Gasteiger partial charge in [-0.25, -0.2) is 9.48 Å². The monoisotopic (exact) mass is 416 g/mol. The lowest BCUT2D eigenvalue weighted by molar-refractivity contribution is -0.131. The van der Waals surface area contributed by atoms with Gasteiger partial charge in [-0.05, 0) is 42.4 Å². The molecule has 3 aromatic rings. The molecule has 0 aliphatic heterocycles. The quantitative estimate of drug-likeness (QED) is 0.351. The van der Waals surface area contributed by atoms with Gasteiger partial charge in [-0.15, -0.1) is 5.10 Å². The number of aromatic nitrogens is 3. The highest BCUT2D eigenvalue weighted by molar-refractivity contribution is 5.88. The topological polar surface area (TPSA) is 91.9 Å². The Morgan fingerprint density at radius 1 is 1.13 bits per heavy atom. The van der Waals surface area contributed by atoms with Crippen molar-refractivity contribution in [1.82, 2.24) is 15.0 Å². The molecular weight excluding hydrogens is 388 g/mol. The molecule has 0 saturated carbocycles. The first-order valence-corrected chi connectivity index (χ1v) is 10.5. The van der Waals surface area contributed by atoms with Crippen LogP contribution in [0.4, 0.5) is 0 Å². The molecule has 160 valence electrons. The van der Waals surface area contributed by atoms with Gasteiger partial charge in [0, 0.05) is 23.9 Å². The molecule has 0 aliphatic carbocycles. The van der Waals surface area contributed by atoms with E-state index in [4.69, 9.17) is 10.5 Å². The molecule has 6 nitrogen and oxygen atoms in total. The molecule has 0 bridgehead atoms. The Kier molecular flexibility index (Phi) is 7.87. The van der Waals surface area contributed by atoms with Crippen LogP contribution >= 0.6 is 0 Å². The Morgan fingerprint density at radius 2 is 1.87 bits per heavy atom. The summed E-state index contributed by atoms with van der Waals surface area (Å²) >= 11 is 0. The lowest BCUT2D eigenvalue weighted by atomic mass is 9.88. The highest BCUT2D eigenvalue weighted by atomic mass is 16.4. The number of rotatable bonds is 11. The second-order valence-electron chi connectivity index (χ2n) is 7.57. The molecule has 3 rings (SSSR count). The van der Waals surface area contributed by atoms with Crippen LogP contribution in [-0.4, -0.2) is 31.8 Å². The van der Waals surface area contributed by atoms with Crippen molar-refractivity contribution >= 4 is 11.7 Å². The molecule has 0 fully saturated rings. The molecule has 0 aliphatic rings. The largest absolute Gasteiger partial charge is 0.478 e. The fourth-order valence-electron chi connectivity index (χ4n) is 3.60. The minimum atomic E-state index is -0.934. The van der Waals surface area contributed by atoms with Gasteiger partial charge in [0.15, 0.2) is 0 Å². The van der Waals surface area contributed by atoms with Crippen LogP contribution in [0.3, 0.4) is 0 Å². The predicted molar refractivity (Wildman–Crippen MR) is 122 cm³/mol. The Balaban J connectivity index is 1.54. The second kappa shape index (κ2) is 11.0. The third-order valence-electron chi connectivity index (χ3n) is 5.25. The van der Waals surface area contributed by atoms with Crippen molar-refractivity contribution in [3.8, 4) is 0 Å². The van der Waals surface area contributed by atoms with Gasteiger partial charge in [-0.1, -0.05) is 72.8 Å². The minimum absolute atomic E-state index is 0.0722. The maximum absolute atomic E-state index is 10.6. The van der Waals surface area contributed by atoms with Crippen LogP contribution in [0.1, 0.15) is 48.1 Å². The van der Waals surface area contributed by atoms with Gasteiger partial charge >= 0.3 is 5.97 Å². The Morgan fingerprint density at radius 3 is 2.55 bits per heavy atom. The summed E-state index contributed by atoms with van der Waals surface area (Å²) in [6.45, 7) is 2.79. The first-order valence-electron chi connectivity index (χ1n) is 10.5. The van der Waals surface area contributed by atoms with E-state index >= 15 is 0 Å². The van der Waals surface area contributed by atoms with Gasteiger partial charge in [-0.3, -0.25) is 0 Å². The zero-order valence-corrected chi connectivity index (χ0v) is 17.7. The third kappa shape index (κ3) is 6.74. The fourth-order valence-corrected chi connectivity index (χ4v) is 3.60. The van der Waals surface area contributed by atoms with Crippen molar-refractivity contribution in [2.24, 2.45) is 0 Å². The summed E-state index contributed by atoms with van der Waals surface area (Å²) in [5, 5.41) is 25.8. The minimum Gasteiger partial charge on any atom is -0.478 e. The second-order valence-corrected chi connectivity index (χ2v) is 7.57. The van der Waals surface area contributed by atoms with Crippen LogP contribution in [0.25, 0.3) is 0 Å². The highest BCUT2D eigenvalue weighted by Gasteiger charge is 2.16. The van der Waals surface area contributed by atoms with Gasteiger partial charge in [0.05, 0.1) is 12.2 Å². The van der Waals surface area contributed by atoms with E-state index in [2.05, 4.69) is 29.4 Å². The number of nitrogens with one attached hydrogen (secondary N) is 1. The van der Waals surface area contributed by atoms with Crippen molar-refractivity contribution in [3.05, 3.63) is 95.3 Å². The first-order chi connectivity index (χ1) is 15.0. The van der Waals surface area contributed by atoms with Crippen molar-refractivity contribution in [3.63, 3.8) is 0 Å². The maximum Gasteiger partial charge on any atom is 0.327 e. The molecule has 1 heterocycles. The number of carboxylic acid groups (broad SMARTS) is 1. The van der Waals surface area contributed by atoms with Crippen LogP contribution in [0.5, 0.6) is 0 Å². The van der Waals surface area contributed by atoms with Crippen molar-refractivity contribution < 1.29 is 9.90 Å². The molecule has 1 atom stereocenters. The number of aliphatic carboxylic acids is 1. The smallest absolute Gasteiger partial charge is 0.327 e. The van der Waals surface area contributed by atoms with Gasteiger partial charge in [0.25, 0.3) is 0 Å². The summed E-state index contributed by atoms with van der Waals surface area (Å²) in [5.41, 5.74) is 4.94. The molecule has 0 radical (unpaired) electrons. The normalized spacial score (nSPS) is 12.2. The Bertz CT molecular complexity index is 1020. The molecule has 0 saturated heterocycles. The van der Waals surface area contributed by atoms with Crippen molar-refractivity contribution in [1.29, 1.82) is 5.41 Å². The number of aryl methyl sites for hydroxylation is 1. The zero-order chi connectivity index (χ0) is 22.1. The Hall–Kier alpha value is -3.54. The summed E-state index contributed by atoms with van der Waals surface area (Å²) < 4.78 is 1.84. The molecule has 1 aromatic heterocycles. The fraction of sp³-hybridized carbons (Fsp3) is 0.280. The molecule has 2 N–H and O–H groups in total. The molecule has 0 amide bonds. The number of hydrogen-bond acceptors (Lipinski definition) is 4. The van der Waals surface area contributed by atoms with Crippen molar-refractivity contribution in [2.45, 2.75) is 45.1 Å².